The van der Waals surface area contributed by atoms with E-state index in [0.29, 0.717) is 0 Å². The molecule has 1 aliphatic heterocycles. The zero-order valence-electron chi connectivity index (χ0n) is 5.37. The van der Waals surface area contributed by atoms with Gasteiger partial charge in [-0.15, -0.1) is 0 Å². The van der Waals surface area contributed by atoms with Gasteiger partial charge in [-0.3, -0.25) is 0 Å². The third-order valence-electron chi connectivity index (χ3n) is 0.480. The smallest absolute Gasteiger partial charge is 0 e. The molecular weight excluding hydrogens is 168 g/mol. The van der Waals surface area contributed by atoms with Gasteiger partial charge in [0.05, 0.1) is 0 Å². The van der Waals surface area contributed by atoms with E-state index in [-0.39, 0.29) is 0 Å². The Balaban J connectivity index is 2.67. The normalized spacial score (nSPS) is 32.0. The Labute approximate surface area is 63.9 Å². The predicted molar refractivity (Wildman–Crippen MR) is 29.1 cm³/mol. The maximum atomic E-state index is 3.00. The summed E-state index contributed by atoms with van der Waals surface area (Å²) < 4.78 is 0. The summed E-state index contributed by atoms with van der Waals surface area (Å²) in [7, 11) is 0. The molecule has 0 spiro atoms. The number of hydrogen-bond acceptors (Lipinski definition) is 12. The van der Waals surface area contributed by atoms with Gasteiger partial charge in [-0.1, -0.05) is 0 Å². The van der Waals surface area contributed by atoms with E-state index in [4.69, 9.17) is 0 Å². The lowest BCUT2D eigenvalue weighted by Crippen LogP contribution is -1.52. The van der Waals surface area contributed by atoms with Gasteiger partial charge in [-0.25, -0.2) is 0 Å². The van der Waals surface area contributed by atoms with Crippen LogP contribution in [0.1, 0.15) is 0 Å². The van der Waals surface area contributed by atoms with Gasteiger partial charge >= 0.3 is 0 Å². The van der Waals surface area contributed by atoms with Gasteiger partial charge in [0.15, 0.2) is 0 Å². The first-order chi connectivity index (χ1) is 6.00. The standard InChI is InChI=1S/N12/c1-2-4-6-8-10-12-11-9-7-5-3-1/b2-1-,3-1?,4-2?,5-3-,6-4-,7-5?,8-6?,9-7+,10-8+,11-9?,12-10?,12-11-. The molecule has 0 aromatic heterocycles. The van der Waals surface area contributed by atoms with E-state index in [9.17, 15) is 0 Å². The molecule has 0 radical (unpaired) electrons. The number of nitrogens with zero attached hydrogens (tertiary/aromatic N) is 12. The summed E-state index contributed by atoms with van der Waals surface area (Å²) in [5, 5.41) is 36.0. The van der Waals surface area contributed by atoms with Gasteiger partial charge in [0.25, 0.3) is 0 Å². The van der Waals surface area contributed by atoms with Crippen LogP contribution in [0.4, 0.5) is 0 Å². The summed E-state index contributed by atoms with van der Waals surface area (Å²) in [5.74, 6) is 0. The molecule has 0 aromatic carbocycles. The molecule has 0 aliphatic carbocycles. The van der Waals surface area contributed by atoms with Crippen LogP contribution in [0.15, 0.2) is 62.7 Å². The van der Waals surface area contributed by atoms with Gasteiger partial charge in [0.2, 0.25) is 0 Å². The molecule has 0 bridgehead atoms. The lowest BCUT2D eigenvalue weighted by Gasteiger charge is -1.71. The molecule has 0 fully saturated rings. The highest BCUT2D eigenvalue weighted by molar-refractivity contribution is 4.14. The summed E-state index contributed by atoms with van der Waals surface area (Å²) in [6.45, 7) is 0. The second kappa shape index (κ2) is 5.39. The molecule has 12 heavy (non-hydrogen) atoms. The van der Waals surface area contributed by atoms with E-state index in [1.165, 1.54) is 0 Å². The first-order valence-corrected chi connectivity index (χ1v) is 2.40. The zero-order chi connectivity index (χ0) is 8.49. The van der Waals surface area contributed by atoms with Gasteiger partial charge in [-0.2, -0.15) is 0 Å². The largest absolute Gasteiger partial charge is 0 e. The Morgan fingerprint density at radius 3 is 0.333 bits per heavy atom. The molecule has 60 valence electrons. The molecule has 0 N–H and O–H groups in total. The molecule has 0 aromatic rings. The lowest BCUT2D eigenvalue weighted by molar-refractivity contribution is 0.722. The fourth-order valence-corrected chi connectivity index (χ4v) is 0.215. The average molecular weight is 168 g/mol. The molecule has 0 saturated heterocycles. The van der Waals surface area contributed by atoms with Crippen molar-refractivity contribution in [3.8, 4) is 0 Å². The average Bonchev–Trinajstić information content (AvgIpc) is 2.05. The minimum atomic E-state index is 3.00. The highest BCUT2D eigenvalue weighted by Crippen LogP contribution is 1.90. The van der Waals surface area contributed by atoms with E-state index in [1.54, 1.807) is 0 Å². The van der Waals surface area contributed by atoms with Crippen LogP contribution in [0.25, 0.3) is 0 Å². The van der Waals surface area contributed by atoms with Gasteiger partial charge < -0.3 is 0 Å². The van der Waals surface area contributed by atoms with Crippen LogP contribution in [0.5, 0.6) is 0 Å². The van der Waals surface area contributed by atoms with E-state index in [0.717, 1.165) is 0 Å². The van der Waals surface area contributed by atoms with E-state index >= 15 is 0 Å². The fourth-order valence-electron chi connectivity index (χ4n) is 0.215. The van der Waals surface area contributed by atoms with Crippen LogP contribution >= 0.6 is 0 Å². The Morgan fingerprint density at radius 1 is 0.167 bits per heavy atom. The van der Waals surface area contributed by atoms with Crippen molar-refractivity contribution in [3.63, 3.8) is 0 Å². The topological polar surface area (TPSA) is 148 Å². The molecule has 12 heteroatoms. The quantitative estimate of drug-likeness (QED) is 0.521. The Hall–Kier alpha value is -2.40. The van der Waals surface area contributed by atoms with Crippen molar-refractivity contribution < 1.29 is 0 Å². The fraction of sp³-hybridized carbons (Fsp3) is 0. The van der Waals surface area contributed by atoms with Crippen molar-refractivity contribution >= 4 is 0 Å². The minimum Gasteiger partial charge on any atom is 0 e. The second-order valence-corrected chi connectivity index (χ2v) is 1.07. The van der Waals surface area contributed by atoms with Crippen LogP contribution in [0.2, 0.25) is 0 Å². The first-order valence-electron chi connectivity index (χ1n) is 2.40. The second-order valence-electron chi connectivity index (χ2n) is 1.07. The molecule has 1 rings (SSSR count). The lowest BCUT2D eigenvalue weighted by atomic mass is 12.3. The van der Waals surface area contributed by atoms with Crippen LogP contribution in [-0.4, -0.2) is 0 Å². The number of rotatable bonds is 0. The predicted octanol–water partition coefficient (Wildman–Crippen LogP) is 2.20. The van der Waals surface area contributed by atoms with Crippen molar-refractivity contribution in [2.24, 2.45) is 62.7 Å². The van der Waals surface area contributed by atoms with Crippen molar-refractivity contribution in [1.29, 1.82) is 0 Å². The van der Waals surface area contributed by atoms with E-state index in [2.05, 4.69) is 62.7 Å². The molecule has 12 nitrogen and oxygen atoms in total. The van der Waals surface area contributed by atoms with Crippen LogP contribution in [-0.2, 0) is 0 Å². The Kier molecular flexibility index (Phi) is 3.46. The molecular formula is N12. The summed E-state index contributed by atoms with van der Waals surface area (Å²) in [6, 6.07) is 0. The van der Waals surface area contributed by atoms with Crippen molar-refractivity contribution in [2.75, 3.05) is 0 Å². The van der Waals surface area contributed by atoms with Crippen molar-refractivity contribution in [2.45, 2.75) is 0 Å². The monoisotopic (exact) mass is 168 g/mol. The number of hydrogen-bond donors (Lipinski definition) is 0. The maximum Gasteiger partial charge on any atom is 0 e. The highest BCUT2D eigenvalue weighted by atomic mass is 15.7. The first kappa shape index (κ1) is 7.70. The maximum absolute atomic E-state index is 3.00. The van der Waals surface area contributed by atoms with Crippen LogP contribution < -0.4 is 0 Å². The Morgan fingerprint density at radius 2 is 0.250 bits per heavy atom. The van der Waals surface area contributed by atoms with Gasteiger partial charge in [0, 0.05) is 62.7 Å². The third kappa shape index (κ3) is 3.59. The summed E-state index contributed by atoms with van der Waals surface area (Å²) in [6.07, 6.45) is 0. The summed E-state index contributed by atoms with van der Waals surface area (Å²) in [4.78, 5) is 0. The summed E-state index contributed by atoms with van der Waals surface area (Å²) >= 11 is 0. The minimum absolute atomic E-state index is 3.00. The van der Waals surface area contributed by atoms with Gasteiger partial charge in [-0.05, 0) is 0 Å². The summed E-state index contributed by atoms with van der Waals surface area (Å²) in [5.41, 5.74) is 0. The zero-order valence-corrected chi connectivity index (χ0v) is 5.37. The molecule has 0 amide bonds. The molecule has 0 atom stereocenters. The van der Waals surface area contributed by atoms with E-state index in [1.807, 2.05) is 0 Å². The van der Waals surface area contributed by atoms with Gasteiger partial charge in [0.1, 0.15) is 0 Å². The molecule has 1 heterocycles. The van der Waals surface area contributed by atoms with Crippen LogP contribution in [0, 0.1) is 0 Å². The molecule has 0 unspecified atom stereocenters. The van der Waals surface area contributed by atoms with E-state index < -0.39 is 0 Å². The van der Waals surface area contributed by atoms with Crippen LogP contribution in [0.3, 0.4) is 0 Å². The van der Waals surface area contributed by atoms with Crippen molar-refractivity contribution in [1.82, 2.24) is 0 Å². The third-order valence-corrected chi connectivity index (χ3v) is 0.480. The SMILES string of the molecule is N1=N\N=N/N=N/N=N\N=N\N=N/1. The van der Waals surface area contributed by atoms with Crippen molar-refractivity contribution in [3.05, 3.63) is 0 Å². The highest BCUT2D eigenvalue weighted by Gasteiger charge is 1.72. The molecule has 1 aliphatic rings. The molecule has 0 saturated carbocycles. The Bertz CT molecular complexity index is 169.